The fraction of sp³-hybridized carbons (Fsp3) is 0.0556. The van der Waals surface area contributed by atoms with Gasteiger partial charge in [-0.1, -0.05) is 23.7 Å². The number of fused-ring (bicyclic) bond motifs is 1. The highest BCUT2D eigenvalue weighted by atomic mass is 35.5. The summed E-state index contributed by atoms with van der Waals surface area (Å²) in [5.41, 5.74) is 3.03. The predicted octanol–water partition coefficient (Wildman–Crippen LogP) is 4.66. The fourth-order valence-corrected chi connectivity index (χ4v) is 2.72. The van der Waals surface area contributed by atoms with E-state index < -0.39 is 0 Å². The van der Waals surface area contributed by atoms with Crippen LogP contribution in [0.2, 0.25) is 5.02 Å². The third kappa shape index (κ3) is 2.92. The highest BCUT2D eigenvalue weighted by molar-refractivity contribution is 6.31. The molecule has 2 aromatic carbocycles. The third-order valence-corrected chi connectivity index (χ3v) is 4.26. The second-order valence-electron chi connectivity index (χ2n) is 5.58. The molecule has 1 N–H and O–H groups in total. The molecule has 124 valence electrons. The van der Waals surface area contributed by atoms with E-state index in [1.807, 2.05) is 25.1 Å². The highest BCUT2D eigenvalue weighted by Gasteiger charge is 2.12. The molecule has 2 aromatic heterocycles. The topological polar surface area (TPSA) is 55.6 Å². The molecule has 0 saturated heterocycles. The molecule has 0 saturated carbocycles. The van der Waals surface area contributed by atoms with E-state index in [0.29, 0.717) is 22.2 Å². The van der Waals surface area contributed by atoms with E-state index >= 15 is 0 Å². The number of benzene rings is 2. The van der Waals surface area contributed by atoms with Gasteiger partial charge in [-0.3, -0.25) is 0 Å². The van der Waals surface area contributed by atoms with Gasteiger partial charge in [-0.15, -0.1) is 0 Å². The van der Waals surface area contributed by atoms with Crippen molar-refractivity contribution in [3.05, 3.63) is 71.4 Å². The number of aryl methyl sites for hydroxylation is 1. The predicted molar refractivity (Wildman–Crippen MR) is 96.1 cm³/mol. The quantitative estimate of drug-likeness (QED) is 0.582. The molecule has 0 radical (unpaired) electrons. The Labute approximate surface area is 148 Å². The standard InChI is InChI=1S/C18H13ClFN5/c1-11-5-6-14(8-16(11)19)25-18-15(9-23-25)17(21-10-22-18)24-13-4-2-3-12(20)7-13/h2-10H,1H3,(H,21,22,24). The normalized spacial score (nSPS) is 11.0. The minimum absolute atomic E-state index is 0.319. The first-order chi connectivity index (χ1) is 12.1. The summed E-state index contributed by atoms with van der Waals surface area (Å²) in [6.07, 6.45) is 3.11. The fourth-order valence-electron chi connectivity index (χ4n) is 2.55. The second kappa shape index (κ2) is 6.14. The smallest absolute Gasteiger partial charge is 0.168 e. The maximum atomic E-state index is 13.4. The van der Waals surface area contributed by atoms with Gasteiger partial charge >= 0.3 is 0 Å². The maximum Gasteiger partial charge on any atom is 0.168 e. The Morgan fingerprint density at radius 2 is 2.00 bits per heavy atom. The molecule has 25 heavy (non-hydrogen) atoms. The molecule has 0 aliphatic heterocycles. The Balaban J connectivity index is 1.79. The first-order valence-corrected chi connectivity index (χ1v) is 7.97. The Hall–Kier alpha value is -2.99. The molecule has 5 nitrogen and oxygen atoms in total. The van der Waals surface area contributed by atoms with Crippen LogP contribution in [0.25, 0.3) is 16.7 Å². The van der Waals surface area contributed by atoms with Crippen LogP contribution < -0.4 is 5.32 Å². The molecular formula is C18H13ClFN5. The summed E-state index contributed by atoms with van der Waals surface area (Å²) in [6, 6.07) is 11.9. The Morgan fingerprint density at radius 1 is 1.12 bits per heavy atom. The molecule has 0 fully saturated rings. The number of rotatable bonds is 3. The lowest BCUT2D eigenvalue weighted by Gasteiger charge is -2.07. The van der Waals surface area contributed by atoms with Crippen LogP contribution in [0.3, 0.4) is 0 Å². The summed E-state index contributed by atoms with van der Waals surface area (Å²) < 4.78 is 15.1. The van der Waals surface area contributed by atoms with Crippen LogP contribution >= 0.6 is 11.6 Å². The molecule has 4 aromatic rings. The van der Waals surface area contributed by atoms with Gasteiger partial charge in [0.2, 0.25) is 0 Å². The molecule has 0 aliphatic carbocycles. The number of halogens is 2. The summed E-state index contributed by atoms with van der Waals surface area (Å²) in [4.78, 5) is 8.57. The van der Waals surface area contributed by atoms with Crippen LogP contribution in [0.4, 0.5) is 15.9 Å². The van der Waals surface area contributed by atoms with Gasteiger partial charge in [-0.05, 0) is 42.8 Å². The van der Waals surface area contributed by atoms with Gasteiger partial charge in [0.15, 0.2) is 5.65 Å². The van der Waals surface area contributed by atoms with Crippen molar-refractivity contribution in [3.63, 3.8) is 0 Å². The van der Waals surface area contributed by atoms with Crippen LogP contribution in [0, 0.1) is 12.7 Å². The van der Waals surface area contributed by atoms with Gasteiger partial charge in [-0.25, -0.2) is 19.0 Å². The van der Waals surface area contributed by atoms with E-state index in [9.17, 15) is 4.39 Å². The van der Waals surface area contributed by atoms with E-state index in [2.05, 4.69) is 20.4 Å². The largest absolute Gasteiger partial charge is 0.339 e. The lowest BCUT2D eigenvalue weighted by atomic mass is 10.2. The van der Waals surface area contributed by atoms with Gasteiger partial charge in [0.25, 0.3) is 0 Å². The molecule has 7 heteroatoms. The number of anilines is 2. The van der Waals surface area contributed by atoms with E-state index in [1.165, 1.54) is 18.5 Å². The van der Waals surface area contributed by atoms with Crippen molar-refractivity contribution < 1.29 is 4.39 Å². The minimum atomic E-state index is -0.319. The summed E-state index contributed by atoms with van der Waals surface area (Å²) in [5, 5.41) is 8.89. The summed E-state index contributed by atoms with van der Waals surface area (Å²) in [7, 11) is 0. The second-order valence-corrected chi connectivity index (χ2v) is 5.99. The average molecular weight is 354 g/mol. The zero-order valence-electron chi connectivity index (χ0n) is 13.2. The first-order valence-electron chi connectivity index (χ1n) is 7.60. The van der Waals surface area contributed by atoms with Crippen LogP contribution in [0.1, 0.15) is 5.56 Å². The summed E-state index contributed by atoms with van der Waals surface area (Å²) in [5.74, 6) is 0.236. The third-order valence-electron chi connectivity index (χ3n) is 3.85. The van der Waals surface area contributed by atoms with E-state index in [0.717, 1.165) is 16.6 Å². The molecule has 0 spiro atoms. The Bertz CT molecular complexity index is 1080. The maximum absolute atomic E-state index is 13.4. The van der Waals surface area contributed by atoms with Crippen molar-refractivity contribution in [1.82, 2.24) is 19.7 Å². The SMILES string of the molecule is Cc1ccc(-n2ncc3c(Nc4cccc(F)c4)ncnc32)cc1Cl. The molecule has 0 aliphatic rings. The van der Waals surface area contributed by atoms with Crippen molar-refractivity contribution in [2.75, 3.05) is 5.32 Å². The van der Waals surface area contributed by atoms with E-state index in [4.69, 9.17) is 11.6 Å². The molecule has 4 rings (SSSR count). The van der Waals surface area contributed by atoms with Crippen molar-refractivity contribution in [3.8, 4) is 5.69 Å². The zero-order valence-corrected chi connectivity index (χ0v) is 14.0. The van der Waals surface area contributed by atoms with Gasteiger partial charge in [0.05, 0.1) is 17.3 Å². The monoisotopic (exact) mass is 353 g/mol. The van der Waals surface area contributed by atoms with Crippen molar-refractivity contribution in [2.45, 2.75) is 6.92 Å². The highest BCUT2D eigenvalue weighted by Crippen LogP contribution is 2.26. The van der Waals surface area contributed by atoms with E-state index in [-0.39, 0.29) is 5.82 Å². The molecular weight excluding hydrogens is 341 g/mol. The number of nitrogens with zero attached hydrogens (tertiary/aromatic N) is 4. The Morgan fingerprint density at radius 3 is 2.80 bits per heavy atom. The lowest BCUT2D eigenvalue weighted by molar-refractivity contribution is 0.628. The van der Waals surface area contributed by atoms with Crippen molar-refractivity contribution in [2.24, 2.45) is 0 Å². The van der Waals surface area contributed by atoms with Crippen LogP contribution in [-0.2, 0) is 0 Å². The van der Waals surface area contributed by atoms with Crippen molar-refractivity contribution in [1.29, 1.82) is 0 Å². The van der Waals surface area contributed by atoms with Crippen LogP contribution in [-0.4, -0.2) is 19.7 Å². The van der Waals surface area contributed by atoms with Crippen LogP contribution in [0.15, 0.2) is 55.0 Å². The summed E-state index contributed by atoms with van der Waals surface area (Å²) >= 11 is 6.21. The average Bonchev–Trinajstić information content (AvgIpc) is 3.03. The summed E-state index contributed by atoms with van der Waals surface area (Å²) in [6.45, 7) is 1.94. The minimum Gasteiger partial charge on any atom is -0.339 e. The molecule has 0 bridgehead atoms. The molecule has 0 atom stereocenters. The molecule has 2 heterocycles. The zero-order chi connectivity index (χ0) is 17.4. The number of hydrogen-bond donors (Lipinski definition) is 1. The molecule has 0 amide bonds. The first kappa shape index (κ1) is 15.5. The number of hydrogen-bond acceptors (Lipinski definition) is 4. The van der Waals surface area contributed by atoms with Gasteiger partial charge in [-0.2, -0.15) is 5.10 Å². The van der Waals surface area contributed by atoms with Gasteiger partial charge in [0, 0.05) is 10.7 Å². The van der Waals surface area contributed by atoms with Gasteiger partial charge in [0.1, 0.15) is 18.0 Å². The lowest BCUT2D eigenvalue weighted by Crippen LogP contribution is -2.00. The number of aromatic nitrogens is 4. The Kier molecular flexibility index (Phi) is 3.82. The van der Waals surface area contributed by atoms with Crippen LogP contribution in [0.5, 0.6) is 0 Å². The molecule has 0 unspecified atom stereocenters. The van der Waals surface area contributed by atoms with E-state index in [1.54, 1.807) is 23.0 Å². The number of nitrogens with one attached hydrogen (secondary N) is 1. The van der Waals surface area contributed by atoms with Crippen molar-refractivity contribution >= 4 is 34.1 Å². The van der Waals surface area contributed by atoms with Gasteiger partial charge < -0.3 is 5.32 Å².